The molecule has 222 valence electrons. The van der Waals surface area contributed by atoms with Crippen LogP contribution in [0, 0.1) is 0 Å². The van der Waals surface area contributed by atoms with Crippen molar-refractivity contribution >= 4 is 34.0 Å². The van der Waals surface area contributed by atoms with Crippen LogP contribution < -0.4 is 21.3 Å². The molecule has 0 bridgehead atoms. The molecule has 0 aliphatic carbocycles. The van der Waals surface area contributed by atoms with Gasteiger partial charge in [0.2, 0.25) is 0 Å². The highest BCUT2D eigenvalue weighted by atomic mass is 35.5. The molecule has 39 heavy (non-hydrogen) atoms. The van der Waals surface area contributed by atoms with Crippen LogP contribution in [0.1, 0.15) is 75.3 Å². The molecule has 4 N–H and O–H groups in total. The normalized spacial score (nSPS) is 11.0. The highest BCUT2D eigenvalue weighted by Crippen LogP contribution is 2.19. The van der Waals surface area contributed by atoms with Crippen LogP contribution in [0.2, 0.25) is 0 Å². The summed E-state index contributed by atoms with van der Waals surface area (Å²) in [4.78, 5) is 0. The Morgan fingerprint density at radius 3 is 1.10 bits per heavy atom. The Balaban J connectivity index is 0.00000760. The Morgan fingerprint density at radius 2 is 0.718 bits per heavy atom. The van der Waals surface area contributed by atoms with Gasteiger partial charge in [-0.3, -0.25) is 0 Å². The molecule has 2 rings (SSSR count). The van der Waals surface area contributed by atoms with Gasteiger partial charge in [0.25, 0.3) is 0 Å². The molecule has 0 unspecified atom stereocenters. The van der Waals surface area contributed by atoms with E-state index in [0.29, 0.717) is 0 Å². The highest BCUT2D eigenvalue weighted by molar-refractivity contribution is 8.76. The zero-order valence-electron chi connectivity index (χ0n) is 24.1. The van der Waals surface area contributed by atoms with Crippen molar-refractivity contribution in [1.29, 1.82) is 0 Å². The summed E-state index contributed by atoms with van der Waals surface area (Å²) in [7, 11) is 4.02. The summed E-state index contributed by atoms with van der Waals surface area (Å²) in [5.41, 5.74) is 2.76. The number of rotatable bonds is 27. The van der Waals surface area contributed by atoms with E-state index in [1.807, 2.05) is 21.6 Å². The molecule has 7 heteroatoms. The van der Waals surface area contributed by atoms with Gasteiger partial charge in [0.15, 0.2) is 0 Å². The van der Waals surface area contributed by atoms with Crippen molar-refractivity contribution in [2.75, 3.05) is 50.8 Å². The largest absolute Gasteiger partial charge is 0.316 e. The van der Waals surface area contributed by atoms with Crippen LogP contribution in [0.25, 0.3) is 0 Å². The van der Waals surface area contributed by atoms with Gasteiger partial charge in [-0.1, -0.05) is 121 Å². The van der Waals surface area contributed by atoms with Gasteiger partial charge in [-0.25, -0.2) is 0 Å². The third-order valence-electron chi connectivity index (χ3n) is 6.57. The summed E-state index contributed by atoms with van der Waals surface area (Å²) in [6, 6.07) is 21.3. The Hall–Kier alpha value is -0.730. The van der Waals surface area contributed by atoms with E-state index in [4.69, 9.17) is 0 Å². The van der Waals surface area contributed by atoms with E-state index in [9.17, 15) is 0 Å². The SMILES string of the molecule is Cl.c1ccc(CNCCCCCCCNCCSSCCNCCCCCCCNCc2ccccc2)cc1. The smallest absolute Gasteiger partial charge is 0.0205 e. The van der Waals surface area contributed by atoms with Gasteiger partial charge >= 0.3 is 0 Å². The quantitative estimate of drug-likeness (QED) is 0.0636. The van der Waals surface area contributed by atoms with E-state index in [-0.39, 0.29) is 12.4 Å². The van der Waals surface area contributed by atoms with E-state index in [2.05, 4.69) is 81.9 Å². The van der Waals surface area contributed by atoms with Gasteiger partial charge in [-0.2, -0.15) is 0 Å². The minimum atomic E-state index is 0. The van der Waals surface area contributed by atoms with Gasteiger partial charge in [-0.05, 0) is 63.0 Å². The Bertz CT molecular complexity index is 676. The summed E-state index contributed by atoms with van der Waals surface area (Å²) < 4.78 is 0. The van der Waals surface area contributed by atoms with Crippen LogP contribution in [-0.2, 0) is 13.1 Å². The average Bonchev–Trinajstić information content (AvgIpc) is 2.96. The second-order valence-corrected chi connectivity index (χ2v) is 12.7. The van der Waals surface area contributed by atoms with E-state index < -0.39 is 0 Å². The number of hydrogen-bond donors (Lipinski definition) is 4. The van der Waals surface area contributed by atoms with Crippen molar-refractivity contribution in [2.45, 2.75) is 77.3 Å². The fourth-order valence-electron chi connectivity index (χ4n) is 4.31. The molecule has 0 atom stereocenters. The topological polar surface area (TPSA) is 48.1 Å². The predicted molar refractivity (Wildman–Crippen MR) is 180 cm³/mol. The maximum atomic E-state index is 3.60. The predicted octanol–water partition coefficient (Wildman–Crippen LogP) is 7.45. The molecule has 0 spiro atoms. The van der Waals surface area contributed by atoms with Crippen LogP contribution in [-0.4, -0.2) is 50.8 Å². The number of unbranched alkanes of at least 4 members (excludes halogenated alkanes) is 8. The van der Waals surface area contributed by atoms with E-state index >= 15 is 0 Å². The fraction of sp³-hybridized carbons (Fsp3) is 0.625. The monoisotopic (exact) mass is 594 g/mol. The molecule has 0 aromatic heterocycles. The summed E-state index contributed by atoms with van der Waals surface area (Å²) >= 11 is 0. The standard InChI is InChI=1S/C32H54N4S2.ClH/c1(5-15-23-35-29-31-17-9-7-10-18-31)3-13-21-33-25-27-37-38-28-26-34-22-14-4-2-6-16-24-36-30-32-19-11-8-12-20-32;/h7-12,17-20,33-36H,1-6,13-16,21-30H2;1H. The third-order valence-corrected chi connectivity index (χ3v) is 8.97. The minimum absolute atomic E-state index is 0. The lowest BCUT2D eigenvalue weighted by atomic mass is 10.1. The first-order valence-corrected chi connectivity index (χ1v) is 17.6. The Labute approximate surface area is 254 Å². The molecule has 0 heterocycles. The molecule has 2 aromatic rings. The fourth-order valence-corrected chi connectivity index (χ4v) is 6.21. The molecule has 0 saturated carbocycles. The van der Waals surface area contributed by atoms with Crippen LogP contribution in [0.4, 0.5) is 0 Å². The lowest BCUT2D eigenvalue weighted by Gasteiger charge is -2.07. The van der Waals surface area contributed by atoms with Crippen molar-refractivity contribution in [2.24, 2.45) is 0 Å². The number of halogens is 1. The average molecular weight is 595 g/mol. The third kappa shape index (κ3) is 23.7. The van der Waals surface area contributed by atoms with Crippen LogP contribution in [0.15, 0.2) is 60.7 Å². The molecule has 4 nitrogen and oxygen atoms in total. The molecular weight excluding hydrogens is 540 g/mol. The number of hydrogen-bond acceptors (Lipinski definition) is 6. The molecule has 0 amide bonds. The maximum absolute atomic E-state index is 3.60. The molecule has 0 radical (unpaired) electrons. The second kappa shape index (κ2) is 28.8. The first kappa shape index (κ1) is 36.3. The van der Waals surface area contributed by atoms with Crippen LogP contribution in [0.5, 0.6) is 0 Å². The van der Waals surface area contributed by atoms with E-state index in [0.717, 1.165) is 39.3 Å². The molecule has 0 saturated heterocycles. The maximum Gasteiger partial charge on any atom is 0.0205 e. The number of nitrogens with one attached hydrogen (secondary N) is 4. The first-order valence-electron chi connectivity index (χ1n) is 15.1. The summed E-state index contributed by atoms with van der Waals surface area (Å²) in [5.74, 6) is 2.41. The van der Waals surface area contributed by atoms with Crippen LogP contribution >= 0.6 is 34.0 Å². The summed E-state index contributed by atoms with van der Waals surface area (Å²) in [5, 5.41) is 14.3. The van der Waals surface area contributed by atoms with E-state index in [1.54, 1.807) is 0 Å². The van der Waals surface area contributed by atoms with Crippen molar-refractivity contribution in [3.8, 4) is 0 Å². The van der Waals surface area contributed by atoms with Gasteiger partial charge in [0.05, 0.1) is 0 Å². The zero-order valence-corrected chi connectivity index (χ0v) is 26.6. The molecule has 0 aliphatic rings. The lowest BCUT2D eigenvalue weighted by Crippen LogP contribution is -2.19. The Morgan fingerprint density at radius 1 is 0.385 bits per heavy atom. The highest BCUT2D eigenvalue weighted by Gasteiger charge is 1.96. The van der Waals surface area contributed by atoms with Gasteiger partial charge < -0.3 is 21.3 Å². The van der Waals surface area contributed by atoms with Crippen molar-refractivity contribution in [1.82, 2.24) is 21.3 Å². The summed E-state index contributed by atoms with van der Waals surface area (Å²) in [6.45, 7) is 8.86. The molecule has 0 fully saturated rings. The van der Waals surface area contributed by atoms with Crippen molar-refractivity contribution in [3.05, 3.63) is 71.8 Å². The summed E-state index contributed by atoms with van der Waals surface area (Å²) in [6.07, 6.45) is 13.3. The van der Waals surface area contributed by atoms with Crippen molar-refractivity contribution in [3.63, 3.8) is 0 Å². The first-order chi connectivity index (χ1) is 18.9. The molecule has 2 aromatic carbocycles. The second-order valence-electron chi connectivity index (χ2n) is 10.0. The molecular formula is C32H55ClN4S2. The molecule has 0 aliphatic heterocycles. The number of benzene rings is 2. The Kier molecular flexibility index (Phi) is 26.8. The van der Waals surface area contributed by atoms with Gasteiger partial charge in [0.1, 0.15) is 0 Å². The van der Waals surface area contributed by atoms with E-state index in [1.165, 1.54) is 99.9 Å². The van der Waals surface area contributed by atoms with Crippen LogP contribution in [0.3, 0.4) is 0 Å². The van der Waals surface area contributed by atoms with Gasteiger partial charge in [-0.15, -0.1) is 12.4 Å². The minimum Gasteiger partial charge on any atom is -0.316 e. The van der Waals surface area contributed by atoms with Crippen molar-refractivity contribution < 1.29 is 0 Å². The van der Waals surface area contributed by atoms with Gasteiger partial charge in [0, 0.05) is 37.7 Å². The zero-order chi connectivity index (χ0) is 26.6. The lowest BCUT2D eigenvalue weighted by molar-refractivity contribution is 0.561.